The predicted octanol–water partition coefficient (Wildman–Crippen LogP) is 4.17. The molecule has 0 radical (unpaired) electrons. The third-order valence-corrected chi connectivity index (χ3v) is 4.29. The number of likely N-dealkylation sites (tertiary alicyclic amines) is 1. The molecular formula is C19H27Cl2N3O2. The molecule has 144 valence electrons. The van der Waals surface area contributed by atoms with Crippen LogP contribution in [-0.4, -0.2) is 48.2 Å². The van der Waals surface area contributed by atoms with Gasteiger partial charge in [-0.3, -0.25) is 4.90 Å². The van der Waals surface area contributed by atoms with Gasteiger partial charge in [0.25, 0.3) is 0 Å². The second-order valence-corrected chi connectivity index (χ2v) is 6.15. The number of hydrogen-bond acceptors (Lipinski definition) is 5. The van der Waals surface area contributed by atoms with Gasteiger partial charge in [-0.25, -0.2) is 4.98 Å². The molecule has 0 atom stereocenters. The first-order valence-electron chi connectivity index (χ1n) is 8.60. The van der Waals surface area contributed by atoms with E-state index in [2.05, 4.69) is 14.9 Å². The van der Waals surface area contributed by atoms with Gasteiger partial charge in [0.15, 0.2) is 5.82 Å². The Labute approximate surface area is 167 Å². The van der Waals surface area contributed by atoms with Gasteiger partial charge in [0.1, 0.15) is 12.4 Å². The van der Waals surface area contributed by atoms with Crippen molar-refractivity contribution in [3.63, 3.8) is 0 Å². The summed E-state index contributed by atoms with van der Waals surface area (Å²) in [5.41, 5.74) is 1.86. The molecule has 2 aromatic rings. The number of methoxy groups -OCH3 is 1. The normalized spacial score (nSPS) is 14.1. The molecule has 1 fully saturated rings. The van der Waals surface area contributed by atoms with Crippen molar-refractivity contribution in [2.75, 3.05) is 33.4 Å². The summed E-state index contributed by atoms with van der Waals surface area (Å²) >= 11 is 0. The maximum Gasteiger partial charge on any atom is 0.217 e. The summed E-state index contributed by atoms with van der Waals surface area (Å²) in [7, 11) is 1.66. The lowest BCUT2D eigenvalue weighted by atomic mass is 10.1. The summed E-state index contributed by atoms with van der Waals surface area (Å²) in [6, 6.07) is 9.65. The molecule has 1 aliphatic heterocycles. The molecule has 0 aliphatic carbocycles. The Morgan fingerprint density at radius 2 is 1.69 bits per heavy atom. The Morgan fingerprint density at radius 3 is 2.35 bits per heavy atom. The average molecular weight is 400 g/mol. The molecule has 5 nitrogen and oxygen atoms in total. The number of rotatable bonds is 6. The van der Waals surface area contributed by atoms with Gasteiger partial charge in [-0.05, 0) is 57.1 Å². The summed E-state index contributed by atoms with van der Waals surface area (Å²) in [6.07, 6.45) is 3.95. The number of benzene rings is 1. The van der Waals surface area contributed by atoms with E-state index in [4.69, 9.17) is 9.47 Å². The van der Waals surface area contributed by atoms with E-state index in [1.165, 1.54) is 32.4 Å². The van der Waals surface area contributed by atoms with E-state index in [9.17, 15) is 0 Å². The lowest BCUT2D eigenvalue weighted by molar-refractivity contribution is 0.180. The number of nitrogens with zero attached hydrogens (tertiary/aromatic N) is 3. The van der Waals surface area contributed by atoms with Crippen LogP contribution >= 0.6 is 24.8 Å². The van der Waals surface area contributed by atoms with E-state index in [1.54, 1.807) is 7.11 Å². The molecule has 0 amide bonds. The molecule has 1 saturated heterocycles. The van der Waals surface area contributed by atoms with Gasteiger partial charge >= 0.3 is 0 Å². The van der Waals surface area contributed by atoms with Gasteiger partial charge < -0.3 is 9.47 Å². The molecule has 2 heterocycles. The van der Waals surface area contributed by atoms with Crippen molar-refractivity contribution < 1.29 is 9.47 Å². The molecule has 0 saturated carbocycles. The van der Waals surface area contributed by atoms with E-state index >= 15 is 0 Å². The predicted molar refractivity (Wildman–Crippen MR) is 109 cm³/mol. The van der Waals surface area contributed by atoms with Gasteiger partial charge in [-0.15, -0.1) is 24.8 Å². The van der Waals surface area contributed by atoms with Crippen LogP contribution in [0.4, 0.5) is 0 Å². The van der Waals surface area contributed by atoms with Crippen LogP contribution < -0.4 is 9.47 Å². The highest BCUT2D eigenvalue weighted by Crippen LogP contribution is 2.22. The highest BCUT2D eigenvalue weighted by atomic mass is 35.5. The third kappa shape index (κ3) is 6.31. The number of piperidine rings is 1. The van der Waals surface area contributed by atoms with Gasteiger partial charge in [-0.2, -0.15) is 4.98 Å². The summed E-state index contributed by atoms with van der Waals surface area (Å²) in [4.78, 5) is 11.5. The zero-order valence-electron chi connectivity index (χ0n) is 15.3. The van der Waals surface area contributed by atoms with E-state index in [0.717, 1.165) is 23.6 Å². The van der Waals surface area contributed by atoms with Crippen LogP contribution in [-0.2, 0) is 0 Å². The maximum atomic E-state index is 5.88. The second kappa shape index (κ2) is 11.2. The van der Waals surface area contributed by atoms with Crippen LogP contribution in [0.1, 0.15) is 25.0 Å². The Bertz CT molecular complexity index is 662. The van der Waals surface area contributed by atoms with Crippen molar-refractivity contribution in [2.24, 2.45) is 0 Å². The number of aryl methyl sites for hydroxylation is 1. The highest BCUT2D eigenvalue weighted by molar-refractivity contribution is 5.85. The molecule has 1 aliphatic rings. The molecule has 0 bridgehead atoms. The Balaban J connectivity index is 0.00000169. The lowest BCUT2D eigenvalue weighted by Gasteiger charge is -2.26. The maximum absolute atomic E-state index is 5.88. The number of aromatic nitrogens is 2. The van der Waals surface area contributed by atoms with Gasteiger partial charge in [0.2, 0.25) is 5.88 Å². The molecule has 3 rings (SSSR count). The minimum absolute atomic E-state index is 0. The fraction of sp³-hybridized carbons (Fsp3) is 0.474. The Hall–Kier alpha value is -1.56. The standard InChI is InChI=1S/C19H25N3O2.2ClH/c1-15-14-18(24-13-12-22-10-4-3-5-11-22)21-19(20-15)16-6-8-17(23-2)9-7-16;;/h6-9,14H,3-5,10-13H2,1-2H3;2*1H. The van der Waals surface area contributed by atoms with Crippen LogP contribution in [0.3, 0.4) is 0 Å². The van der Waals surface area contributed by atoms with Crippen LogP contribution in [0, 0.1) is 6.92 Å². The van der Waals surface area contributed by atoms with E-state index in [-0.39, 0.29) is 24.8 Å². The van der Waals surface area contributed by atoms with Crippen molar-refractivity contribution in [2.45, 2.75) is 26.2 Å². The monoisotopic (exact) mass is 399 g/mol. The fourth-order valence-electron chi connectivity index (χ4n) is 2.95. The molecular weight excluding hydrogens is 373 g/mol. The summed E-state index contributed by atoms with van der Waals surface area (Å²) < 4.78 is 11.1. The van der Waals surface area contributed by atoms with Gasteiger partial charge in [0.05, 0.1) is 7.11 Å². The largest absolute Gasteiger partial charge is 0.497 e. The summed E-state index contributed by atoms with van der Waals surface area (Å²) in [6.45, 7) is 5.96. The first kappa shape index (κ1) is 22.5. The summed E-state index contributed by atoms with van der Waals surface area (Å²) in [5, 5.41) is 0. The molecule has 0 unspecified atom stereocenters. The number of hydrogen-bond donors (Lipinski definition) is 0. The highest BCUT2D eigenvalue weighted by Gasteiger charge is 2.11. The van der Waals surface area contributed by atoms with Crippen LogP contribution in [0.2, 0.25) is 0 Å². The van der Waals surface area contributed by atoms with Crippen LogP contribution in [0.25, 0.3) is 11.4 Å². The fourth-order valence-corrected chi connectivity index (χ4v) is 2.95. The SMILES string of the molecule is COc1ccc(-c2nc(C)cc(OCCN3CCCCC3)n2)cc1.Cl.Cl. The molecule has 7 heteroatoms. The quantitative estimate of drug-likeness (QED) is 0.729. The minimum Gasteiger partial charge on any atom is -0.497 e. The van der Waals surface area contributed by atoms with E-state index in [1.807, 2.05) is 37.3 Å². The number of halogens is 2. The smallest absolute Gasteiger partial charge is 0.217 e. The second-order valence-electron chi connectivity index (χ2n) is 6.15. The minimum atomic E-state index is 0. The van der Waals surface area contributed by atoms with Crippen molar-refractivity contribution in [3.05, 3.63) is 36.0 Å². The topological polar surface area (TPSA) is 47.5 Å². The first-order chi connectivity index (χ1) is 11.7. The lowest BCUT2D eigenvalue weighted by Crippen LogP contribution is -2.33. The zero-order chi connectivity index (χ0) is 16.8. The van der Waals surface area contributed by atoms with Crippen molar-refractivity contribution in [3.8, 4) is 23.0 Å². The van der Waals surface area contributed by atoms with Crippen LogP contribution in [0.15, 0.2) is 30.3 Å². The van der Waals surface area contributed by atoms with Crippen molar-refractivity contribution >= 4 is 24.8 Å². The van der Waals surface area contributed by atoms with Crippen molar-refractivity contribution in [1.29, 1.82) is 0 Å². The summed E-state index contributed by atoms with van der Waals surface area (Å²) in [5.74, 6) is 2.15. The molecule has 0 spiro atoms. The molecule has 0 N–H and O–H groups in total. The van der Waals surface area contributed by atoms with Crippen molar-refractivity contribution in [1.82, 2.24) is 14.9 Å². The third-order valence-electron chi connectivity index (χ3n) is 4.29. The average Bonchev–Trinajstić information content (AvgIpc) is 2.62. The van der Waals surface area contributed by atoms with Crippen LogP contribution in [0.5, 0.6) is 11.6 Å². The molecule has 26 heavy (non-hydrogen) atoms. The molecule has 1 aromatic carbocycles. The molecule has 1 aromatic heterocycles. The number of ether oxygens (including phenoxy) is 2. The van der Waals surface area contributed by atoms with E-state index in [0.29, 0.717) is 18.3 Å². The van der Waals surface area contributed by atoms with Gasteiger partial charge in [0, 0.05) is 23.9 Å². The Morgan fingerprint density at radius 1 is 1.00 bits per heavy atom. The van der Waals surface area contributed by atoms with Gasteiger partial charge in [-0.1, -0.05) is 6.42 Å². The van der Waals surface area contributed by atoms with E-state index < -0.39 is 0 Å². The zero-order valence-corrected chi connectivity index (χ0v) is 16.9. The first-order valence-corrected chi connectivity index (χ1v) is 8.60. The Kier molecular flexibility index (Phi) is 9.70.